The number of piperidine rings is 1. The molecule has 1 fully saturated rings. The van der Waals surface area contributed by atoms with Gasteiger partial charge in [0.1, 0.15) is 5.75 Å². The number of halogens is 1. The van der Waals surface area contributed by atoms with Gasteiger partial charge in [-0.1, -0.05) is 12.1 Å². The zero-order valence-corrected chi connectivity index (χ0v) is 17.3. The SMILES string of the molecule is COc1ccc(S(=O)(=O)N2CCC(C(=O)Nc3ccccc3Br)CC2)cc1. The van der Waals surface area contributed by atoms with E-state index in [1.165, 1.54) is 11.4 Å². The number of nitrogens with one attached hydrogen (secondary N) is 1. The smallest absolute Gasteiger partial charge is 0.243 e. The lowest BCUT2D eigenvalue weighted by Gasteiger charge is -2.30. The molecule has 2 aromatic carbocycles. The van der Waals surface area contributed by atoms with Crippen LogP contribution in [0.25, 0.3) is 0 Å². The van der Waals surface area contributed by atoms with Crippen LogP contribution in [0.15, 0.2) is 57.9 Å². The number of sulfonamides is 1. The third kappa shape index (κ3) is 4.51. The Balaban J connectivity index is 1.62. The van der Waals surface area contributed by atoms with Crippen molar-refractivity contribution in [3.8, 4) is 5.75 Å². The van der Waals surface area contributed by atoms with Crippen LogP contribution in [0.2, 0.25) is 0 Å². The second-order valence-electron chi connectivity index (χ2n) is 6.32. The molecule has 0 aliphatic carbocycles. The highest BCUT2D eigenvalue weighted by Crippen LogP contribution is 2.27. The van der Waals surface area contributed by atoms with Crippen molar-refractivity contribution in [2.45, 2.75) is 17.7 Å². The van der Waals surface area contributed by atoms with Crippen molar-refractivity contribution in [3.05, 3.63) is 53.0 Å². The van der Waals surface area contributed by atoms with Crippen LogP contribution in [-0.2, 0) is 14.8 Å². The highest BCUT2D eigenvalue weighted by molar-refractivity contribution is 9.10. The average molecular weight is 453 g/mol. The monoisotopic (exact) mass is 452 g/mol. The van der Waals surface area contributed by atoms with Gasteiger partial charge in [0.2, 0.25) is 15.9 Å². The molecule has 1 heterocycles. The number of rotatable bonds is 5. The highest BCUT2D eigenvalue weighted by atomic mass is 79.9. The van der Waals surface area contributed by atoms with Gasteiger partial charge in [0.05, 0.1) is 17.7 Å². The van der Waals surface area contributed by atoms with Crippen molar-refractivity contribution in [2.24, 2.45) is 5.92 Å². The van der Waals surface area contributed by atoms with Gasteiger partial charge in [-0.25, -0.2) is 8.42 Å². The molecule has 144 valence electrons. The third-order valence-electron chi connectivity index (χ3n) is 4.65. The molecule has 0 spiro atoms. The molecule has 1 N–H and O–H groups in total. The van der Waals surface area contributed by atoms with Gasteiger partial charge in [-0.15, -0.1) is 0 Å². The number of hydrogen-bond acceptors (Lipinski definition) is 4. The highest BCUT2D eigenvalue weighted by Gasteiger charge is 2.32. The van der Waals surface area contributed by atoms with E-state index in [-0.39, 0.29) is 16.7 Å². The summed E-state index contributed by atoms with van der Waals surface area (Å²) in [5.74, 6) is 0.319. The normalized spacial score (nSPS) is 16.1. The van der Waals surface area contributed by atoms with Gasteiger partial charge in [0.15, 0.2) is 0 Å². The number of methoxy groups -OCH3 is 1. The fraction of sp³-hybridized carbons (Fsp3) is 0.316. The number of para-hydroxylation sites is 1. The topological polar surface area (TPSA) is 75.7 Å². The van der Waals surface area contributed by atoms with Gasteiger partial charge < -0.3 is 10.1 Å². The molecule has 0 unspecified atom stereocenters. The molecule has 6 nitrogen and oxygen atoms in total. The number of carbonyl (C=O) groups excluding carboxylic acids is 1. The van der Waals surface area contributed by atoms with Crippen molar-refractivity contribution in [3.63, 3.8) is 0 Å². The summed E-state index contributed by atoms with van der Waals surface area (Å²) in [7, 11) is -2.03. The summed E-state index contributed by atoms with van der Waals surface area (Å²) in [6.07, 6.45) is 0.983. The molecule has 0 bridgehead atoms. The fourth-order valence-electron chi connectivity index (χ4n) is 3.05. The van der Waals surface area contributed by atoms with Gasteiger partial charge in [0, 0.05) is 23.5 Å². The standard InChI is InChI=1S/C19H21BrN2O4S/c1-26-15-6-8-16(9-7-15)27(24,25)22-12-10-14(11-13-22)19(23)21-18-5-3-2-4-17(18)20/h2-9,14H,10-13H2,1H3,(H,21,23). The second kappa shape index (κ2) is 8.41. The molecule has 1 aliphatic heterocycles. The average Bonchev–Trinajstić information content (AvgIpc) is 2.70. The summed E-state index contributed by atoms with van der Waals surface area (Å²) >= 11 is 3.41. The summed E-state index contributed by atoms with van der Waals surface area (Å²) < 4.78 is 32.9. The van der Waals surface area contributed by atoms with E-state index in [0.717, 1.165) is 10.2 Å². The molecule has 1 amide bonds. The second-order valence-corrected chi connectivity index (χ2v) is 9.12. The molecule has 8 heteroatoms. The molecule has 1 aliphatic rings. The molecule has 0 saturated carbocycles. The summed E-state index contributed by atoms with van der Waals surface area (Å²) in [4.78, 5) is 12.7. The Morgan fingerprint density at radius 2 is 1.74 bits per heavy atom. The zero-order valence-electron chi connectivity index (χ0n) is 14.9. The predicted molar refractivity (Wildman–Crippen MR) is 107 cm³/mol. The van der Waals surface area contributed by atoms with Gasteiger partial charge in [0.25, 0.3) is 0 Å². The molecule has 0 radical (unpaired) electrons. The number of nitrogens with zero attached hydrogens (tertiary/aromatic N) is 1. The summed E-state index contributed by atoms with van der Waals surface area (Å²) in [6, 6.07) is 13.8. The minimum atomic E-state index is -3.56. The van der Waals surface area contributed by atoms with Crippen LogP contribution in [0.1, 0.15) is 12.8 Å². The molecule has 0 aromatic heterocycles. The molecule has 3 rings (SSSR count). The van der Waals surface area contributed by atoms with Crippen molar-refractivity contribution >= 4 is 37.5 Å². The van der Waals surface area contributed by atoms with E-state index in [9.17, 15) is 13.2 Å². The van der Waals surface area contributed by atoms with E-state index in [1.54, 1.807) is 24.3 Å². The molecular formula is C19H21BrN2O4S. The summed E-state index contributed by atoms with van der Waals surface area (Å²) in [5, 5.41) is 2.91. The van der Waals surface area contributed by atoms with Crippen LogP contribution in [0.5, 0.6) is 5.75 Å². The lowest BCUT2D eigenvalue weighted by molar-refractivity contribution is -0.120. The van der Waals surface area contributed by atoms with Gasteiger partial charge in [-0.05, 0) is 65.2 Å². The fourth-order valence-corrected chi connectivity index (χ4v) is 4.91. The maximum absolute atomic E-state index is 12.8. The first-order valence-corrected chi connectivity index (χ1v) is 10.8. The maximum atomic E-state index is 12.8. The van der Waals surface area contributed by atoms with Gasteiger partial charge >= 0.3 is 0 Å². The minimum absolute atomic E-state index is 0.0802. The Morgan fingerprint density at radius 3 is 2.33 bits per heavy atom. The van der Waals surface area contributed by atoms with Crippen LogP contribution in [0, 0.1) is 5.92 Å². The number of carbonyl (C=O) groups is 1. The minimum Gasteiger partial charge on any atom is -0.497 e. The van der Waals surface area contributed by atoms with Crippen molar-refractivity contribution in [2.75, 3.05) is 25.5 Å². The number of amides is 1. The molecule has 27 heavy (non-hydrogen) atoms. The van der Waals surface area contributed by atoms with Gasteiger partial charge in [-0.2, -0.15) is 4.31 Å². The molecule has 1 saturated heterocycles. The van der Waals surface area contributed by atoms with E-state index >= 15 is 0 Å². The number of hydrogen-bond donors (Lipinski definition) is 1. The van der Waals surface area contributed by atoms with Crippen molar-refractivity contribution in [1.29, 1.82) is 0 Å². The van der Waals surface area contributed by atoms with Gasteiger partial charge in [-0.3, -0.25) is 4.79 Å². The first kappa shape index (κ1) is 19.9. The van der Waals surface area contributed by atoms with Crippen LogP contribution >= 0.6 is 15.9 Å². The third-order valence-corrected chi connectivity index (χ3v) is 7.26. The van der Waals surface area contributed by atoms with Crippen LogP contribution in [-0.4, -0.2) is 38.8 Å². The number of anilines is 1. The predicted octanol–water partition coefficient (Wildman–Crippen LogP) is 3.50. The number of benzene rings is 2. The Labute approximate surface area is 167 Å². The molecule has 2 aromatic rings. The first-order chi connectivity index (χ1) is 12.9. The largest absolute Gasteiger partial charge is 0.497 e. The Bertz CT molecular complexity index is 908. The van der Waals surface area contributed by atoms with E-state index in [4.69, 9.17) is 4.74 Å². The quantitative estimate of drug-likeness (QED) is 0.752. The molecular weight excluding hydrogens is 432 g/mol. The van der Waals surface area contributed by atoms with Crippen molar-refractivity contribution < 1.29 is 17.9 Å². The van der Waals surface area contributed by atoms with E-state index in [1.807, 2.05) is 24.3 Å². The van der Waals surface area contributed by atoms with Crippen LogP contribution < -0.4 is 10.1 Å². The Kier molecular flexibility index (Phi) is 6.18. The van der Waals surface area contributed by atoms with E-state index in [0.29, 0.717) is 31.7 Å². The van der Waals surface area contributed by atoms with Crippen LogP contribution in [0.4, 0.5) is 5.69 Å². The summed E-state index contributed by atoms with van der Waals surface area (Å²) in [6.45, 7) is 0.644. The Hall–Kier alpha value is -1.90. The number of ether oxygens (including phenoxy) is 1. The molecule has 0 atom stereocenters. The lowest BCUT2D eigenvalue weighted by Crippen LogP contribution is -2.41. The summed E-state index contributed by atoms with van der Waals surface area (Å²) in [5.41, 5.74) is 0.718. The Morgan fingerprint density at radius 1 is 1.11 bits per heavy atom. The maximum Gasteiger partial charge on any atom is 0.243 e. The van der Waals surface area contributed by atoms with Crippen molar-refractivity contribution in [1.82, 2.24) is 4.31 Å². The van der Waals surface area contributed by atoms with E-state index < -0.39 is 10.0 Å². The lowest BCUT2D eigenvalue weighted by atomic mass is 9.97. The zero-order chi connectivity index (χ0) is 19.4. The first-order valence-electron chi connectivity index (χ1n) is 8.61. The van der Waals surface area contributed by atoms with E-state index in [2.05, 4.69) is 21.2 Å². The van der Waals surface area contributed by atoms with Crippen LogP contribution in [0.3, 0.4) is 0 Å².